The van der Waals surface area contributed by atoms with Crippen molar-refractivity contribution >= 4 is 6.08 Å². The molecular weight excluding hydrogens is 226 g/mol. The molecule has 2 fully saturated rings. The Bertz CT molecular complexity index is 428. The molecule has 0 aromatic carbocycles. The predicted octanol–water partition coefficient (Wildman–Crippen LogP) is 3.00. The minimum Gasteiger partial charge on any atom is -0.335 e. The van der Waals surface area contributed by atoms with Gasteiger partial charge in [0.15, 0.2) is 5.82 Å². The molecule has 2 aliphatic carbocycles. The summed E-state index contributed by atoms with van der Waals surface area (Å²) in [6.45, 7) is 0. The van der Waals surface area contributed by atoms with Gasteiger partial charge in [0.05, 0.1) is 5.54 Å². The van der Waals surface area contributed by atoms with E-state index < -0.39 is 0 Å². The molecule has 3 rings (SSSR count). The summed E-state index contributed by atoms with van der Waals surface area (Å²) in [5.74, 6) is 1.97. The molecule has 4 heteroatoms. The van der Waals surface area contributed by atoms with E-state index in [1.807, 2.05) is 6.08 Å². The maximum absolute atomic E-state index is 6.17. The number of hydrogen-bond donors (Lipinski definition) is 1. The van der Waals surface area contributed by atoms with Crippen LogP contribution in [0.3, 0.4) is 0 Å². The molecule has 98 valence electrons. The molecule has 18 heavy (non-hydrogen) atoms. The summed E-state index contributed by atoms with van der Waals surface area (Å²) < 4.78 is 5.25. The summed E-state index contributed by atoms with van der Waals surface area (Å²) >= 11 is 0. The number of nitrogens with two attached hydrogens (primary N) is 1. The van der Waals surface area contributed by atoms with Gasteiger partial charge in [-0.3, -0.25) is 0 Å². The van der Waals surface area contributed by atoms with E-state index in [0.29, 0.717) is 17.6 Å². The van der Waals surface area contributed by atoms with Crippen molar-refractivity contribution < 1.29 is 4.52 Å². The van der Waals surface area contributed by atoms with Crippen molar-refractivity contribution in [2.75, 3.05) is 0 Å². The van der Waals surface area contributed by atoms with E-state index in [-0.39, 0.29) is 5.54 Å². The van der Waals surface area contributed by atoms with Crippen LogP contribution in [0.1, 0.15) is 63.1 Å². The molecule has 0 bridgehead atoms. The van der Waals surface area contributed by atoms with Crippen molar-refractivity contribution in [3.63, 3.8) is 0 Å². The van der Waals surface area contributed by atoms with Gasteiger partial charge >= 0.3 is 0 Å². The largest absolute Gasteiger partial charge is 0.335 e. The Morgan fingerprint density at radius 2 is 1.94 bits per heavy atom. The van der Waals surface area contributed by atoms with E-state index in [4.69, 9.17) is 10.3 Å². The molecule has 1 heterocycles. The lowest BCUT2D eigenvalue weighted by molar-refractivity contribution is 0.229. The molecule has 2 saturated carbocycles. The summed E-state index contributed by atoms with van der Waals surface area (Å²) in [5.41, 5.74) is 5.85. The van der Waals surface area contributed by atoms with Crippen molar-refractivity contribution in [2.45, 2.75) is 56.9 Å². The van der Waals surface area contributed by atoms with Gasteiger partial charge in [-0.05, 0) is 44.1 Å². The fourth-order valence-corrected chi connectivity index (χ4v) is 2.83. The molecule has 0 amide bonds. The second-order valence-electron chi connectivity index (χ2n) is 5.72. The molecule has 1 aromatic heterocycles. The van der Waals surface area contributed by atoms with Gasteiger partial charge in [-0.15, -0.1) is 0 Å². The summed E-state index contributed by atoms with van der Waals surface area (Å²) in [5, 5.41) is 4.01. The van der Waals surface area contributed by atoms with Gasteiger partial charge in [0.25, 0.3) is 0 Å². The van der Waals surface area contributed by atoms with Gasteiger partial charge < -0.3 is 10.3 Å². The van der Waals surface area contributed by atoms with Gasteiger partial charge in [-0.25, -0.2) is 0 Å². The van der Waals surface area contributed by atoms with Gasteiger partial charge in [-0.2, -0.15) is 4.98 Å². The van der Waals surface area contributed by atoms with E-state index in [1.165, 1.54) is 32.1 Å². The lowest BCUT2D eigenvalue weighted by Gasteiger charge is -2.34. The highest BCUT2D eigenvalue weighted by molar-refractivity contribution is 5.38. The molecule has 0 atom stereocenters. The summed E-state index contributed by atoms with van der Waals surface area (Å²) in [7, 11) is 0. The molecule has 2 N–H and O–H groups in total. The van der Waals surface area contributed by atoms with Crippen molar-refractivity contribution in [2.24, 2.45) is 11.7 Å². The van der Waals surface area contributed by atoms with Crippen LogP contribution in [0, 0.1) is 5.92 Å². The summed E-state index contributed by atoms with van der Waals surface area (Å²) in [4.78, 5) is 4.40. The molecule has 0 spiro atoms. The van der Waals surface area contributed by atoms with E-state index in [0.717, 1.165) is 19.3 Å². The highest BCUT2D eigenvalue weighted by atomic mass is 16.5. The Morgan fingerprint density at radius 1 is 1.17 bits per heavy atom. The molecule has 4 nitrogen and oxygen atoms in total. The molecule has 2 aliphatic rings. The fraction of sp³-hybridized carbons (Fsp3) is 0.714. The van der Waals surface area contributed by atoms with Crippen molar-refractivity contribution in [1.82, 2.24) is 10.1 Å². The zero-order chi connectivity index (χ0) is 12.4. The molecule has 1 aromatic rings. The topological polar surface area (TPSA) is 64.9 Å². The monoisotopic (exact) mass is 247 g/mol. The predicted molar refractivity (Wildman–Crippen MR) is 69.6 cm³/mol. The Balaban J connectivity index is 1.64. The first kappa shape index (κ1) is 11.9. The number of aromatic nitrogens is 2. The van der Waals surface area contributed by atoms with Gasteiger partial charge in [0.2, 0.25) is 5.89 Å². The van der Waals surface area contributed by atoms with Gasteiger partial charge in [0, 0.05) is 0 Å². The lowest BCUT2D eigenvalue weighted by Crippen LogP contribution is -2.44. The van der Waals surface area contributed by atoms with E-state index in [9.17, 15) is 0 Å². The van der Waals surface area contributed by atoms with Crippen LogP contribution in [0.4, 0.5) is 0 Å². The number of hydrogen-bond acceptors (Lipinski definition) is 4. The first-order chi connectivity index (χ1) is 8.76. The minimum atomic E-state index is -0.319. The standard InChI is InChI=1S/C14H21N3O/c15-14(9-4-10-14)13-16-12(18-17-13)8-7-11-5-2-1-3-6-11/h7-8,11H,1-6,9-10,15H2/b8-7+. The highest BCUT2D eigenvalue weighted by Gasteiger charge is 2.38. The first-order valence-electron chi connectivity index (χ1n) is 7.08. The van der Waals surface area contributed by atoms with Crippen LogP contribution in [0.2, 0.25) is 0 Å². The Hall–Kier alpha value is -1.16. The van der Waals surface area contributed by atoms with Gasteiger partial charge in [-0.1, -0.05) is 30.5 Å². The third kappa shape index (κ3) is 2.34. The Kier molecular flexibility index (Phi) is 3.20. The van der Waals surface area contributed by atoms with Crippen LogP contribution >= 0.6 is 0 Å². The van der Waals surface area contributed by atoms with Crippen molar-refractivity contribution in [3.05, 3.63) is 17.8 Å². The maximum atomic E-state index is 6.17. The zero-order valence-corrected chi connectivity index (χ0v) is 10.8. The zero-order valence-electron chi connectivity index (χ0n) is 10.8. The lowest BCUT2D eigenvalue weighted by atomic mass is 9.77. The van der Waals surface area contributed by atoms with E-state index in [2.05, 4.69) is 16.2 Å². The maximum Gasteiger partial charge on any atom is 0.250 e. The molecule has 0 aliphatic heterocycles. The molecule has 0 unspecified atom stereocenters. The van der Waals surface area contributed by atoms with Crippen molar-refractivity contribution in [3.8, 4) is 0 Å². The molecule has 0 radical (unpaired) electrons. The quantitative estimate of drug-likeness (QED) is 0.891. The van der Waals surface area contributed by atoms with Crippen molar-refractivity contribution in [1.29, 1.82) is 0 Å². The van der Waals surface area contributed by atoms with Crippen LogP contribution in [0.15, 0.2) is 10.6 Å². The van der Waals surface area contributed by atoms with E-state index in [1.54, 1.807) is 0 Å². The number of nitrogens with zero attached hydrogens (tertiary/aromatic N) is 2. The van der Waals surface area contributed by atoms with Gasteiger partial charge in [0.1, 0.15) is 0 Å². The second-order valence-corrected chi connectivity index (χ2v) is 5.72. The average molecular weight is 247 g/mol. The molecule has 0 saturated heterocycles. The SMILES string of the molecule is NC1(c2noc(/C=C/C3CCCCC3)n2)CCC1. The summed E-state index contributed by atoms with van der Waals surface area (Å²) in [6, 6.07) is 0. The van der Waals surface area contributed by atoms with Crippen LogP contribution in [-0.2, 0) is 5.54 Å². The van der Waals surface area contributed by atoms with Crippen LogP contribution in [0.5, 0.6) is 0 Å². The molecular formula is C14H21N3O. The third-order valence-electron chi connectivity index (χ3n) is 4.29. The normalized spacial score (nSPS) is 24.3. The smallest absolute Gasteiger partial charge is 0.250 e. The third-order valence-corrected chi connectivity index (χ3v) is 4.29. The highest BCUT2D eigenvalue weighted by Crippen LogP contribution is 2.37. The van der Waals surface area contributed by atoms with E-state index >= 15 is 0 Å². The number of allylic oxidation sites excluding steroid dienone is 1. The Morgan fingerprint density at radius 3 is 2.61 bits per heavy atom. The fourth-order valence-electron chi connectivity index (χ4n) is 2.83. The van der Waals surface area contributed by atoms with Crippen LogP contribution in [0.25, 0.3) is 6.08 Å². The van der Waals surface area contributed by atoms with Crippen LogP contribution in [-0.4, -0.2) is 10.1 Å². The summed E-state index contributed by atoms with van der Waals surface area (Å²) in [6.07, 6.45) is 13.9. The minimum absolute atomic E-state index is 0.319. The second kappa shape index (κ2) is 4.84. The first-order valence-corrected chi connectivity index (χ1v) is 7.08. The average Bonchev–Trinajstić information content (AvgIpc) is 2.84. The number of rotatable bonds is 3. The van der Waals surface area contributed by atoms with Crippen LogP contribution < -0.4 is 5.73 Å². The Labute approximate surface area is 108 Å².